The van der Waals surface area contributed by atoms with E-state index in [1.165, 1.54) is 6.33 Å². The molecular formula is C13H7N3O. The van der Waals surface area contributed by atoms with Crippen molar-refractivity contribution in [2.45, 2.75) is 0 Å². The Bertz CT molecular complexity index is 845. The zero-order valence-electron chi connectivity index (χ0n) is 8.79. The first-order chi connectivity index (χ1) is 8.42. The molecule has 0 aliphatic heterocycles. The number of furan rings is 1. The summed E-state index contributed by atoms with van der Waals surface area (Å²) in [5.41, 5.74) is 3.37. The van der Waals surface area contributed by atoms with Crippen LogP contribution in [-0.2, 0) is 0 Å². The maximum Gasteiger partial charge on any atom is 0.153 e. The van der Waals surface area contributed by atoms with Crippen molar-refractivity contribution >= 4 is 33.0 Å². The zero-order chi connectivity index (χ0) is 11.2. The first kappa shape index (κ1) is 8.64. The third-order valence-electron chi connectivity index (χ3n) is 2.85. The number of hydrogen-bond acceptors (Lipinski definition) is 4. The number of rotatable bonds is 0. The molecule has 4 rings (SSSR count). The summed E-state index contributed by atoms with van der Waals surface area (Å²) in [5.74, 6) is 0. The van der Waals surface area contributed by atoms with Gasteiger partial charge in [-0.3, -0.25) is 4.98 Å². The average Bonchev–Trinajstić information content (AvgIpc) is 2.73. The van der Waals surface area contributed by atoms with E-state index >= 15 is 0 Å². The van der Waals surface area contributed by atoms with Crippen molar-refractivity contribution < 1.29 is 4.42 Å². The van der Waals surface area contributed by atoms with E-state index in [1.807, 2.05) is 24.3 Å². The molecule has 3 aromatic heterocycles. The van der Waals surface area contributed by atoms with E-state index in [4.69, 9.17) is 4.42 Å². The summed E-state index contributed by atoms with van der Waals surface area (Å²) in [6.07, 6.45) is 5.10. The van der Waals surface area contributed by atoms with Crippen LogP contribution in [0, 0.1) is 0 Å². The van der Waals surface area contributed by atoms with Gasteiger partial charge in [-0.15, -0.1) is 0 Å². The summed E-state index contributed by atoms with van der Waals surface area (Å²) >= 11 is 0. The third-order valence-corrected chi connectivity index (χ3v) is 2.85. The van der Waals surface area contributed by atoms with Gasteiger partial charge in [-0.2, -0.15) is 0 Å². The SMILES string of the molecule is c1cnc2c(c1)oc1cc3ncncc3cc12. The molecule has 3 heterocycles. The topological polar surface area (TPSA) is 51.8 Å². The van der Waals surface area contributed by atoms with E-state index in [2.05, 4.69) is 15.0 Å². The van der Waals surface area contributed by atoms with Gasteiger partial charge in [-0.1, -0.05) is 0 Å². The minimum atomic E-state index is 0.797. The van der Waals surface area contributed by atoms with Gasteiger partial charge in [0.1, 0.15) is 17.4 Å². The molecular weight excluding hydrogens is 214 g/mol. The first-order valence-electron chi connectivity index (χ1n) is 5.29. The Morgan fingerprint density at radius 3 is 3.06 bits per heavy atom. The quantitative estimate of drug-likeness (QED) is 0.458. The van der Waals surface area contributed by atoms with Crippen molar-refractivity contribution in [2.75, 3.05) is 0 Å². The van der Waals surface area contributed by atoms with Crippen LogP contribution in [-0.4, -0.2) is 15.0 Å². The van der Waals surface area contributed by atoms with Crippen LogP contribution < -0.4 is 0 Å². The fourth-order valence-electron chi connectivity index (χ4n) is 2.07. The highest BCUT2D eigenvalue weighted by Gasteiger charge is 2.08. The molecule has 0 atom stereocenters. The van der Waals surface area contributed by atoms with Crippen LogP contribution in [0.4, 0.5) is 0 Å². The van der Waals surface area contributed by atoms with Gasteiger partial charge in [0.05, 0.1) is 5.52 Å². The van der Waals surface area contributed by atoms with E-state index in [-0.39, 0.29) is 0 Å². The lowest BCUT2D eigenvalue weighted by atomic mass is 10.2. The fourth-order valence-corrected chi connectivity index (χ4v) is 2.07. The highest BCUT2D eigenvalue weighted by Crippen LogP contribution is 2.29. The normalized spacial score (nSPS) is 11.5. The molecule has 17 heavy (non-hydrogen) atoms. The number of pyridine rings is 1. The second-order valence-electron chi connectivity index (χ2n) is 3.88. The van der Waals surface area contributed by atoms with Crippen molar-refractivity contribution in [3.8, 4) is 0 Å². The molecule has 1 aromatic carbocycles. The highest BCUT2D eigenvalue weighted by molar-refractivity contribution is 6.07. The van der Waals surface area contributed by atoms with E-state index < -0.39 is 0 Å². The van der Waals surface area contributed by atoms with Gasteiger partial charge in [0.15, 0.2) is 5.58 Å². The lowest BCUT2D eigenvalue weighted by Gasteiger charge is -1.94. The minimum Gasteiger partial charge on any atom is -0.454 e. The maximum atomic E-state index is 5.74. The summed E-state index contributed by atoms with van der Waals surface area (Å²) in [5, 5.41) is 2.00. The number of hydrogen-bond donors (Lipinski definition) is 0. The van der Waals surface area contributed by atoms with Crippen molar-refractivity contribution in [1.82, 2.24) is 15.0 Å². The van der Waals surface area contributed by atoms with Gasteiger partial charge in [-0.05, 0) is 18.2 Å². The Labute approximate surface area is 95.9 Å². The molecule has 80 valence electrons. The summed E-state index contributed by atoms with van der Waals surface area (Å²) in [4.78, 5) is 12.6. The molecule has 0 amide bonds. The van der Waals surface area contributed by atoms with Crippen molar-refractivity contribution in [3.05, 3.63) is 43.0 Å². The molecule has 0 spiro atoms. The van der Waals surface area contributed by atoms with E-state index in [0.717, 1.165) is 33.0 Å². The van der Waals surface area contributed by atoms with Crippen LogP contribution in [0.3, 0.4) is 0 Å². The van der Waals surface area contributed by atoms with Gasteiger partial charge < -0.3 is 4.42 Å². The molecule has 0 fully saturated rings. The molecule has 0 radical (unpaired) electrons. The monoisotopic (exact) mass is 221 g/mol. The molecule has 0 saturated heterocycles. The number of fused-ring (bicyclic) bond motifs is 4. The maximum absolute atomic E-state index is 5.74. The zero-order valence-corrected chi connectivity index (χ0v) is 8.79. The molecule has 0 saturated carbocycles. The van der Waals surface area contributed by atoms with Crippen molar-refractivity contribution in [3.63, 3.8) is 0 Å². The summed E-state index contributed by atoms with van der Waals surface area (Å²) < 4.78 is 5.74. The Hall–Kier alpha value is -2.49. The summed E-state index contributed by atoms with van der Waals surface area (Å²) in [6, 6.07) is 7.72. The van der Waals surface area contributed by atoms with Crippen LogP contribution in [0.15, 0.2) is 47.4 Å². The van der Waals surface area contributed by atoms with E-state index in [1.54, 1.807) is 12.4 Å². The van der Waals surface area contributed by atoms with Crippen LogP contribution in [0.2, 0.25) is 0 Å². The summed E-state index contributed by atoms with van der Waals surface area (Å²) in [6.45, 7) is 0. The molecule has 4 heteroatoms. The molecule has 4 aromatic rings. The number of benzene rings is 1. The Balaban J connectivity index is 2.28. The Morgan fingerprint density at radius 1 is 1.06 bits per heavy atom. The molecule has 0 bridgehead atoms. The standard InChI is InChI=1S/C13H7N3O/c1-2-11-13(15-3-1)9-4-8-6-14-7-16-10(8)5-12(9)17-11/h1-7H. The predicted octanol–water partition coefficient (Wildman–Crippen LogP) is 2.92. The fraction of sp³-hybridized carbons (Fsp3) is 0. The van der Waals surface area contributed by atoms with Gasteiger partial charge in [0, 0.05) is 29.2 Å². The average molecular weight is 221 g/mol. The Kier molecular flexibility index (Phi) is 1.53. The van der Waals surface area contributed by atoms with Crippen molar-refractivity contribution in [2.24, 2.45) is 0 Å². The van der Waals surface area contributed by atoms with Gasteiger partial charge in [0.25, 0.3) is 0 Å². The van der Waals surface area contributed by atoms with Gasteiger partial charge in [-0.25, -0.2) is 9.97 Å². The van der Waals surface area contributed by atoms with Crippen LogP contribution in [0.25, 0.3) is 33.0 Å². The van der Waals surface area contributed by atoms with Gasteiger partial charge >= 0.3 is 0 Å². The van der Waals surface area contributed by atoms with Gasteiger partial charge in [0.2, 0.25) is 0 Å². The van der Waals surface area contributed by atoms with E-state index in [9.17, 15) is 0 Å². The lowest BCUT2D eigenvalue weighted by Crippen LogP contribution is -1.80. The molecule has 0 aliphatic rings. The third kappa shape index (κ3) is 1.15. The van der Waals surface area contributed by atoms with Crippen LogP contribution in [0.1, 0.15) is 0 Å². The highest BCUT2D eigenvalue weighted by atomic mass is 16.3. The van der Waals surface area contributed by atoms with Crippen LogP contribution in [0.5, 0.6) is 0 Å². The molecule has 0 N–H and O–H groups in total. The second-order valence-corrected chi connectivity index (χ2v) is 3.88. The van der Waals surface area contributed by atoms with Crippen molar-refractivity contribution in [1.29, 1.82) is 0 Å². The summed E-state index contributed by atoms with van der Waals surface area (Å²) in [7, 11) is 0. The lowest BCUT2D eigenvalue weighted by molar-refractivity contribution is 0.668. The first-order valence-corrected chi connectivity index (χ1v) is 5.29. The smallest absolute Gasteiger partial charge is 0.153 e. The molecule has 0 unspecified atom stereocenters. The van der Waals surface area contributed by atoms with E-state index in [0.29, 0.717) is 0 Å². The number of aromatic nitrogens is 3. The largest absolute Gasteiger partial charge is 0.454 e. The molecule has 0 aliphatic carbocycles. The predicted molar refractivity (Wildman–Crippen MR) is 64.6 cm³/mol. The molecule has 4 nitrogen and oxygen atoms in total. The second kappa shape index (κ2) is 3.01. The number of nitrogens with zero attached hydrogens (tertiary/aromatic N) is 3. The minimum absolute atomic E-state index is 0.797. The van der Waals surface area contributed by atoms with Crippen LogP contribution >= 0.6 is 0 Å². The Morgan fingerprint density at radius 2 is 2.06 bits per heavy atom.